The molecule has 4 saturated carbocycles. The second-order valence-corrected chi connectivity index (χ2v) is 16.2. The summed E-state index contributed by atoms with van der Waals surface area (Å²) in [4.78, 5) is 25.8. The molecule has 0 radical (unpaired) electrons. The number of ether oxygens (including phenoxy) is 2. The molecule has 4 nitrogen and oxygen atoms in total. The summed E-state index contributed by atoms with van der Waals surface area (Å²) >= 11 is 0. The Kier molecular flexibility index (Phi) is 9.51. The van der Waals surface area contributed by atoms with Crippen LogP contribution in [-0.4, -0.2) is 23.6 Å². The molecule has 0 amide bonds. The molecule has 4 heteroatoms. The number of carbonyl (C=O) groups excluding carboxylic acids is 2. The van der Waals surface area contributed by atoms with E-state index < -0.39 is 0 Å². The Morgan fingerprint density at radius 3 is 2.04 bits per heavy atom. The summed E-state index contributed by atoms with van der Waals surface area (Å²) in [6.45, 7) is 11.7. The lowest BCUT2D eigenvalue weighted by Gasteiger charge is -2.57. The molecule has 2 aromatic rings. The Hall–Kier alpha value is -2.62. The highest BCUT2D eigenvalue weighted by Crippen LogP contribution is 2.66. The first-order valence-corrected chi connectivity index (χ1v) is 18.1. The van der Waals surface area contributed by atoms with Crippen LogP contribution in [-0.2, 0) is 9.47 Å². The molecule has 10 atom stereocenters. The first-order valence-electron chi connectivity index (χ1n) is 18.1. The van der Waals surface area contributed by atoms with Gasteiger partial charge in [-0.25, -0.2) is 9.59 Å². The topological polar surface area (TPSA) is 52.6 Å². The van der Waals surface area contributed by atoms with Gasteiger partial charge < -0.3 is 9.47 Å². The van der Waals surface area contributed by atoms with Gasteiger partial charge in [0.1, 0.15) is 11.7 Å². The van der Waals surface area contributed by atoms with Crippen LogP contribution in [0.2, 0.25) is 0 Å². The van der Waals surface area contributed by atoms with Gasteiger partial charge in [-0.15, -0.1) is 0 Å². The van der Waals surface area contributed by atoms with Gasteiger partial charge in [0.15, 0.2) is 0 Å². The summed E-state index contributed by atoms with van der Waals surface area (Å²) < 4.78 is 12.3. The second kappa shape index (κ2) is 13.2. The van der Waals surface area contributed by atoms with Crippen molar-refractivity contribution in [2.75, 3.05) is 0 Å². The fraction of sp³-hybridized carbons (Fsp3) is 0.659. The molecule has 6 rings (SSSR count). The lowest BCUT2D eigenvalue weighted by Crippen LogP contribution is -2.51. The van der Waals surface area contributed by atoms with Crippen molar-refractivity contribution in [2.24, 2.45) is 52.8 Å². The fourth-order valence-corrected chi connectivity index (χ4v) is 10.9. The number of hydrogen-bond acceptors (Lipinski definition) is 4. The Morgan fingerprint density at radius 2 is 1.38 bits per heavy atom. The van der Waals surface area contributed by atoms with Crippen LogP contribution in [0.3, 0.4) is 0 Å². The highest BCUT2D eigenvalue weighted by molar-refractivity contribution is 5.90. The highest BCUT2D eigenvalue weighted by atomic mass is 16.6. The van der Waals surface area contributed by atoms with E-state index in [-0.39, 0.29) is 23.6 Å². The molecule has 4 aliphatic carbocycles. The van der Waals surface area contributed by atoms with Gasteiger partial charge in [0, 0.05) is 0 Å². The Bertz CT molecular complexity index is 1310. The van der Waals surface area contributed by atoms with E-state index in [0.717, 1.165) is 55.3 Å². The predicted octanol–water partition coefficient (Wildman–Crippen LogP) is 10.2. The first kappa shape index (κ1) is 32.3. The zero-order chi connectivity index (χ0) is 31.8. The van der Waals surface area contributed by atoms with Crippen molar-refractivity contribution in [3.8, 4) is 0 Å². The van der Waals surface area contributed by atoms with Gasteiger partial charge >= 0.3 is 11.9 Å². The van der Waals surface area contributed by atoms with Crippen LogP contribution in [0.25, 0.3) is 0 Å². The largest absolute Gasteiger partial charge is 0.459 e. The monoisotopic (exact) mass is 612 g/mol. The molecule has 0 bridgehead atoms. The zero-order valence-corrected chi connectivity index (χ0v) is 28.4. The lowest BCUT2D eigenvalue weighted by atomic mass is 9.48. The van der Waals surface area contributed by atoms with Crippen LogP contribution in [0, 0.1) is 52.8 Å². The Labute approximate surface area is 272 Å². The number of hydrogen-bond donors (Lipinski definition) is 0. The van der Waals surface area contributed by atoms with E-state index in [9.17, 15) is 9.59 Å². The number of fused-ring (bicyclic) bond motifs is 5. The van der Waals surface area contributed by atoms with Gasteiger partial charge in [0.2, 0.25) is 0 Å². The second-order valence-electron chi connectivity index (χ2n) is 16.2. The summed E-state index contributed by atoms with van der Waals surface area (Å²) in [5.41, 5.74) is 1.38. The third-order valence-electron chi connectivity index (χ3n) is 13.2. The average Bonchev–Trinajstić information content (AvgIpc) is 3.40. The fourth-order valence-electron chi connectivity index (χ4n) is 10.9. The van der Waals surface area contributed by atoms with Gasteiger partial charge in [-0.1, -0.05) is 64.1 Å². The van der Waals surface area contributed by atoms with Crippen molar-refractivity contribution < 1.29 is 19.1 Å². The minimum atomic E-state index is -0.346. The maximum atomic E-state index is 12.9. The zero-order valence-electron chi connectivity index (χ0n) is 28.4. The number of esters is 2. The van der Waals surface area contributed by atoms with E-state index in [4.69, 9.17) is 9.47 Å². The molecule has 2 aromatic carbocycles. The van der Waals surface area contributed by atoms with E-state index in [2.05, 4.69) is 34.6 Å². The van der Waals surface area contributed by atoms with Crippen LogP contribution in [0.4, 0.5) is 0 Å². The van der Waals surface area contributed by atoms with Gasteiger partial charge in [-0.2, -0.15) is 0 Å². The van der Waals surface area contributed by atoms with Crippen LogP contribution in [0.15, 0.2) is 60.7 Å². The molecular weight excluding hydrogens is 556 g/mol. The van der Waals surface area contributed by atoms with Crippen LogP contribution < -0.4 is 0 Å². The number of carbonyl (C=O) groups is 2. The van der Waals surface area contributed by atoms with Crippen molar-refractivity contribution >= 4 is 11.9 Å². The van der Waals surface area contributed by atoms with Gasteiger partial charge in [0.05, 0.1) is 11.1 Å². The van der Waals surface area contributed by atoms with Gasteiger partial charge in [-0.3, -0.25) is 0 Å². The van der Waals surface area contributed by atoms with Crippen molar-refractivity contribution in [3.63, 3.8) is 0 Å². The maximum Gasteiger partial charge on any atom is 0.338 e. The van der Waals surface area contributed by atoms with Gasteiger partial charge in [0.25, 0.3) is 0 Å². The molecule has 4 aliphatic rings. The van der Waals surface area contributed by atoms with E-state index in [1.807, 2.05) is 60.7 Å². The first-order chi connectivity index (χ1) is 21.6. The molecule has 244 valence electrons. The maximum absolute atomic E-state index is 12.9. The lowest BCUT2D eigenvalue weighted by molar-refractivity contribution is -0.107. The van der Waals surface area contributed by atoms with Crippen molar-refractivity contribution in [3.05, 3.63) is 71.8 Å². The normalized spacial score (nSPS) is 35.4. The van der Waals surface area contributed by atoms with Crippen LogP contribution in [0.1, 0.15) is 126 Å². The summed E-state index contributed by atoms with van der Waals surface area (Å²) in [6.07, 6.45) is 13.3. The average molecular weight is 613 g/mol. The number of benzene rings is 2. The smallest absolute Gasteiger partial charge is 0.338 e. The standard InChI is InChI=1S/C41H56O4/c1-27(2)37(44-38(42)29-12-8-6-9-13-29)21-16-28(3)35-19-20-36-34-18-17-31-26-40(4,45-39(43)30-14-10-7-11-15-30)24-22-32(31)33(34)23-25-41(35,36)5/h6-15,27-28,31-37H,16-26H2,1-5H3/t28-,31+,32+,33-,34-,35-,36+,37+,40+,41-/m1/s1. The third-order valence-corrected chi connectivity index (χ3v) is 13.2. The SMILES string of the molecule is CC(C)[C@H](CC[C@@H](C)[C@H]1CC[C@H]2[C@@H]3CC[C@H]4C[C@@](C)(OC(=O)c5ccccc5)CC[C@@H]4[C@H]3CC[C@]12C)OC(=O)c1ccccc1. The van der Waals surface area contributed by atoms with E-state index in [1.54, 1.807) is 0 Å². The molecule has 45 heavy (non-hydrogen) atoms. The molecule has 0 heterocycles. The van der Waals surface area contributed by atoms with E-state index >= 15 is 0 Å². The van der Waals surface area contributed by atoms with Gasteiger partial charge in [-0.05, 0) is 155 Å². The Morgan fingerprint density at radius 1 is 0.733 bits per heavy atom. The highest BCUT2D eigenvalue weighted by Gasteiger charge is 2.58. The molecular formula is C41H56O4. The van der Waals surface area contributed by atoms with Crippen LogP contribution >= 0.6 is 0 Å². The summed E-state index contributed by atoms with van der Waals surface area (Å²) in [5.74, 6) is 5.35. The molecule has 0 unspecified atom stereocenters. The van der Waals surface area contributed by atoms with E-state index in [0.29, 0.717) is 34.3 Å². The minimum Gasteiger partial charge on any atom is -0.459 e. The van der Waals surface area contributed by atoms with Crippen molar-refractivity contribution in [1.29, 1.82) is 0 Å². The molecule has 0 aromatic heterocycles. The Balaban J connectivity index is 1.05. The van der Waals surface area contributed by atoms with Crippen molar-refractivity contribution in [1.82, 2.24) is 0 Å². The minimum absolute atomic E-state index is 0.0415. The molecule has 0 N–H and O–H groups in total. The molecule has 0 aliphatic heterocycles. The predicted molar refractivity (Wildman–Crippen MR) is 180 cm³/mol. The number of rotatable bonds is 9. The quantitative estimate of drug-likeness (QED) is 0.264. The summed E-state index contributed by atoms with van der Waals surface area (Å²) in [7, 11) is 0. The third kappa shape index (κ3) is 6.63. The summed E-state index contributed by atoms with van der Waals surface area (Å²) in [6, 6.07) is 18.9. The van der Waals surface area contributed by atoms with Crippen LogP contribution in [0.5, 0.6) is 0 Å². The molecule has 4 fully saturated rings. The van der Waals surface area contributed by atoms with E-state index in [1.165, 1.54) is 44.9 Å². The molecule has 0 saturated heterocycles. The summed E-state index contributed by atoms with van der Waals surface area (Å²) in [5, 5.41) is 0. The van der Waals surface area contributed by atoms with Crippen molar-refractivity contribution in [2.45, 2.75) is 117 Å². The molecule has 0 spiro atoms.